The van der Waals surface area contributed by atoms with Crippen LogP contribution in [-0.4, -0.2) is 26.1 Å². The zero-order valence-corrected chi connectivity index (χ0v) is 11.6. The number of hydrogen-bond donors (Lipinski definition) is 0. The molecular weight excluding hydrogens is 325 g/mol. The highest BCUT2D eigenvalue weighted by atomic mass is 35.5. The number of hydrogen-bond acceptors (Lipinski definition) is 5. The molecule has 0 fully saturated rings. The van der Waals surface area contributed by atoms with Crippen LogP contribution in [0, 0.1) is 0 Å². The van der Waals surface area contributed by atoms with Crippen LogP contribution >= 0.6 is 11.6 Å². The minimum Gasteiger partial charge on any atom is -0.441 e. The minimum atomic E-state index is -4.32. The van der Waals surface area contributed by atoms with E-state index in [-0.39, 0.29) is 23.4 Å². The van der Waals surface area contributed by atoms with Gasteiger partial charge in [-0.05, 0) is 29.8 Å². The number of furan rings is 1. The van der Waals surface area contributed by atoms with Crippen LogP contribution in [0.4, 0.5) is 13.2 Å². The average molecular weight is 333 g/mol. The second-order valence-corrected chi connectivity index (χ2v) is 4.78. The molecule has 6 nitrogen and oxygen atoms in total. The van der Waals surface area contributed by atoms with E-state index in [4.69, 9.17) is 20.5 Å². The molecule has 3 heterocycles. The molecule has 116 valence electrons. The predicted octanol–water partition coefficient (Wildman–Crippen LogP) is 3.33. The monoisotopic (exact) mass is 332 g/mol. The van der Waals surface area contributed by atoms with Crippen molar-refractivity contribution >= 4 is 11.6 Å². The summed E-state index contributed by atoms with van der Waals surface area (Å²) in [5.41, 5.74) is 0.386. The molecule has 0 aliphatic heterocycles. The van der Waals surface area contributed by atoms with E-state index >= 15 is 0 Å². The first-order valence-corrected chi connectivity index (χ1v) is 6.44. The molecule has 0 aromatic carbocycles. The summed E-state index contributed by atoms with van der Waals surface area (Å²) in [5.74, 6) is 0.749. The number of rotatable bonds is 4. The quantitative estimate of drug-likeness (QED) is 0.733. The number of alkyl halides is 3. The van der Waals surface area contributed by atoms with Gasteiger partial charge in [0.1, 0.15) is 6.54 Å². The SMILES string of the molecule is FC(F)(F)Cn1ccc(Cc2nc(-c3ccc(Cl)o3)no2)n1. The Kier molecular flexibility index (Phi) is 3.65. The lowest BCUT2D eigenvalue weighted by Gasteiger charge is -2.05. The first kappa shape index (κ1) is 14.6. The third-order valence-corrected chi connectivity index (χ3v) is 2.83. The van der Waals surface area contributed by atoms with Crippen LogP contribution in [0.1, 0.15) is 11.6 Å². The molecule has 0 saturated carbocycles. The molecule has 0 saturated heterocycles. The maximum Gasteiger partial charge on any atom is 0.408 e. The Morgan fingerprint density at radius 3 is 2.73 bits per heavy atom. The fourth-order valence-electron chi connectivity index (χ4n) is 1.79. The summed E-state index contributed by atoms with van der Waals surface area (Å²) >= 11 is 5.64. The summed E-state index contributed by atoms with van der Waals surface area (Å²) in [5, 5.41) is 7.70. The van der Waals surface area contributed by atoms with Gasteiger partial charge in [0.05, 0.1) is 12.1 Å². The molecule has 3 aromatic rings. The molecule has 0 N–H and O–H groups in total. The molecule has 0 aliphatic rings. The van der Waals surface area contributed by atoms with Gasteiger partial charge in [-0.1, -0.05) is 5.16 Å². The van der Waals surface area contributed by atoms with Crippen LogP contribution in [0.2, 0.25) is 5.22 Å². The first-order valence-electron chi connectivity index (χ1n) is 6.06. The Labute approximate surface area is 126 Å². The van der Waals surface area contributed by atoms with Crippen molar-refractivity contribution < 1.29 is 22.1 Å². The highest BCUT2D eigenvalue weighted by Crippen LogP contribution is 2.22. The summed E-state index contributed by atoms with van der Waals surface area (Å²) in [6.07, 6.45) is -2.96. The van der Waals surface area contributed by atoms with E-state index in [1.54, 1.807) is 6.07 Å². The third kappa shape index (κ3) is 3.48. The largest absolute Gasteiger partial charge is 0.441 e. The van der Waals surface area contributed by atoms with Crippen LogP contribution in [0.5, 0.6) is 0 Å². The fourth-order valence-corrected chi connectivity index (χ4v) is 1.93. The van der Waals surface area contributed by atoms with Crippen molar-refractivity contribution in [2.75, 3.05) is 0 Å². The fraction of sp³-hybridized carbons (Fsp3) is 0.250. The molecule has 3 aromatic heterocycles. The highest BCUT2D eigenvalue weighted by molar-refractivity contribution is 6.28. The topological polar surface area (TPSA) is 69.9 Å². The lowest BCUT2D eigenvalue weighted by Crippen LogP contribution is -2.18. The van der Waals surface area contributed by atoms with Gasteiger partial charge in [0.25, 0.3) is 0 Å². The molecule has 0 unspecified atom stereocenters. The Hall–Kier alpha value is -2.29. The minimum absolute atomic E-state index is 0.117. The van der Waals surface area contributed by atoms with E-state index in [9.17, 15) is 13.2 Å². The number of nitrogens with zero attached hydrogens (tertiary/aromatic N) is 4. The summed E-state index contributed by atoms with van der Waals surface area (Å²) < 4.78 is 47.7. The van der Waals surface area contributed by atoms with Gasteiger partial charge in [-0.15, -0.1) is 0 Å². The molecule has 22 heavy (non-hydrogen) atoms. The van der Waals surface area contributed by atoms with E-state index in [0.29, 0.717) is 11.5 Å². The Balaban J connectivity index is 1.70. The average Bonchev–Trinajstić information content (AvgIpc) is 3.10. The van der Waals surface area contributed by atoms with Gasteiger partial charge >= 0.3 is 6.18 Å². The maximum atomic E-state index is 12.2. The highest BCUT2D eigenvalue weighted by Gasteiger charge is 2.28. The molecular formula is C12H8ClF3N4O2. The molecule has 10 heteroatoms. The normalized spacial score (nSPS) is 12.0. The second-order valence-electron chi connectivity index (χ2n) is 4.41. The van der Waals surface area contributed by atoms with Gasteiger partial charge in [-0.2, -0.15) is 23.3 Å². The van der Waals surface area contributed by atoms with Gasteiger partial charge in [-0.25, -0.2) is 0 Å². The smallest absolute Gasteiger partial charge is 0.408 e. The lowest BCUT2D eigenvalue weighted by molar-refractivity contribution is -0.142. The van der Waals surface area contributed by atoms with Gasteiger partial charge in [0.15, 0.2) is 11.0 Å². The van der Waals surface area contributed by atoms with E-state index in [2.05, 4.69) is 15.2 Å². The van der Waals surface area contributed by atoms with Crippen molar-refractivity contribution in [2.45, 2.75) is 19.1 Å². The molecule has 3 rings (SSSR count). The number of aromatic nitrogens is 4. The van der Waals surface area contributed by atoms with Gasteiger partial charge < -0.3 is 8.94 Å². The summed E-state index contributed by atoms with van der Waals surface area (Å²) in [6.45, 7) is -1.15. The van der Waals surface area contributed by atoms with Crippen molar-refractivity contribution in [1.29, 1.82) is 0 Å². The zero-order valence-electron chi connectivity index (χ0n) is 10.8. The zero-order chi connectivity index (χ0) is 15.7. The summed E-state index contributed by atoms with van der Waals surface area (Å²) in [4.78, 5) is 4.07. The Morgan fingerprint density at radius 1 is 1.23 bits per heavy atom. The first-order chi connectivity index (χ1) is 10.4. The van der Waals surface area contributed by atoms with Crippen LogP contribution < -0.4 is 0 Å². The van der Waals surface area contributed by atoms with E-state index in [1.807, 2.05) is 0 Å². The van der Waals surface area contributed by atoms with E-state index < -0.39 is 12.7 Å². The van der Waals surface area contributed by atoms with E-state index in [1.165, 1.54) is 18.3 Å². The number of halogens is 4. The van der Waals surface area contributed by atoms with Crippen molar-refractivity contribution in [1.82, 2.24) is 19.9 Å². The van der Waals surface area contributed by atoms with Crippen LogP contribution in [0.3, 0.4) is 0 Å². The molecule has 0 aliphatic carbocycles. The van der Waals surface area contributed by atoms with Crippen molar-refractivity contribution in [2.24, 2.45) is 0 Å². The van der Waals surface area contributed by atoms with Gasteiger partial charge in [0.2, 0.25) is 11.7 Å². The van der Waals surface area contributed by atoms with Crippen molar-refractivity contribution in [3.8, 4) is 11.6 Å². The van der Waals surface area contributed by atoms with Gasteiger partial charge in [-0.3, -0.25) is 4.68 Å². The Morgan fingerprint density at radius 2 is 2.05 bits per heavy atom. The van der Waals surface area contributed by atoms with Crippen LogP contribution in [-0.2, 0) is 13.0 Å². The van der Waals surface area contributed by atoms with Gasteiger partial charge in [0, 0.05) is 6.20 Å². The third-order valence-electron chi connectivity index (χ3n) is 2.63. The second kappa shape index (κ2) is 5.48. The lowest BCUT2D eigenvalue weighted by atomic mass is 10.3. The summed E-state index contributed by atoms with van der Waals surface area (Å²) in [6, 6.07) is 4.57. The van der Waals surface area contributed by atoms with Crippen molar-refractivity contribution in [3.05, 3.63) is 41.2 Å². The molecule has 0 spiro atoms. The molecule has 0 atom stereocenters. The molecule has 0 bridgehead atoms. The predicted molar refractivity (Wildman–Crippen MR) is 68.1 cm³/mol. The molecule has 0 amide bonds. The maximum absolute atomic E-state index is 12.2. The van der Waals surface area contributed by atoms with Crippen LogP contribution in [0.15, 0.2) is 33.3 Å². The Bertz CT molecular complexity index is 777. The molecule has 0 radical (unpaired) electrons. The van der Waals surface area contributed by atoms with E-state index in [0.717, 1.165) is 4.68 Å². The summed E-state index contributed by atoms with van der Waals surface area (Å²) in [7, 11) is 0. The standard InChI is InChI=1S/C12H8ClF3N4O2/c13-9-2-1-8(21-9)11-17-10(22-19-11)5-7-3-4-20(18-7)6-12(14,15)16/h1-4H,5-6H2. The van der Waals surface area contributed by atoms with Crippen molar-refractivity contribution in [3.63, 3.8) is 0 Å². The van der Waals surface area contributed by atoms with Crippen LogP contribution in [0.25, 0.3) is 11.6 Å².